The number of rotatable bonds is 5. The Bertz CT molecular complexity index is 785. The summed E-state index contributed by atoms with van der Waals surface area (Å²) in [5.41, 5.74) is 5.02. The molecule has 2 N–H and O–H groups in total. The van der Waals surface area contributed by atoms with Crippen LogP contribution in [0.2, 0.25) is 0 Å². The summed E-state index contributed by atoms with van der Waals surface area (Å²) < 4.78 is 1.94. The maximum absolute atomic E-state index is 12.0. The van der Waals surface area contributed by atoms with Gasteiger partial charge in [0.15, 0.2) is 0 Å². The lowest BCUT2D eigenvalue weighted by molar-refractivity contribution is -0.119. The fourth-order valence-electron chi connectivity index (χ4n) is 2.59. The van der Waals surface area contributed by atoms with Gasteiger partial charge in [0, 0.05) is 18.1 Å². The van der Waals surface area contributed by atoms with E-state index in [0.29, 0.717) is 6.54 Å². The molecule has 0 radical (unpaired) electrons. The van der Waals surface area contributed by atoms with Crippen molar-refractivity contribution in [3.63, 3.8) is 0 Å². The van der Waals surface area contributed by atoms with Gasteiger partial charge in [-0.15, -0.1) is 0 Å². The number of pyridine rings is 1. The average Bonchev–Trinajstić information content (AvgIpc) is 2.95. The Morgan fingerprint density at radius 1 is 1.13 bits per heavy atom. The van der Waals surface area contributed by atoms with Crippen LogP contribution in [0.25, 0.3) is 5.65 Å². The Kier molecular flexibility index (Phi) is 4.28. The number of imidazole rings is 1. The number of nitrogens with one attached hydrogen (secondary N) is 2. The number of para-hydroxylation sites is 1. The summed E-state index contributed by atoms with van der Waals surface area (Å²) in [6.45, 7) is 4.74. The number of aromatic nitrogens is 2. The molecule has 0 aliphatic rings. The van der Waals surface area contributed by atoms with Crippen molar-refractivity contribution < 1.29 is 4.79 Å². The van der Waals surface area contributed by atoms with Crippen molar-refractivity contribution in [1.82, 2.24) is 14.7 Å². The fourth-order valence-corrected chi connectivity index (χ4v) is 2.59. The molecular weight excluding hydrogens is 288 g/mol. The molecule has 0 fully saturated rings. The Labute approximate surface area is 135 Å². The van der Waals surface area contributed by atoms with Crippen LogP contribution in [-0.4, -0.2) is 21.8 Å². The van der Waals surface area contributed by atoms with E-state index in [2.05, 4.69) is 15.6 Å². The van der Waals surface area contributed by atoms with E-state index < -0.39 is 0 Å². The summed E-state index contributed by atoms with van der Waals surface area (Å²) >= 11 is 0. The van der Waals surface area contributed by atoms with Crippen LogP contribution in [0, 0.1) is 13.8 Å². The van der Waals surface area contributed by atoms with Gasteiger partial charge in [0.2, 0.25) is 5.91 Å². The number of carbonyl (C=O) groups excluding carboxylic acids is 1. The van der Waals surface area contributed by atoms with Gasteiger partial charge < -0.3 is 15.0 Å². The van der Waals surface area contributed by atoms with Crippen LogP contribution in [0.3, 0.4) is 0 Å². The topological polar surface area (TPSA) is 58.4 Å². The zero-order valence-corrected chi connectivity index (χ0v) is 13.3. The van der Waals surface area contributed by atoms with Gasteiger partial charge in [-0.2, -0.15) is 0 Å². The standard InChI is InChI=1S/C18H20N4O/c1-13-6-5-7-14(2)18(13)20-11-17(23)19-10-15-12-22-9-4-3-8-16(22)21-15/h3-9,12,20H,10-11H2,1-2H3,(H,19,23). The summed E-state index contributed by atoms with van der Waals surface area (Å²) in [6.07, 6.45) is 3.87. The van der Waals surface area contributed by atoms with Crippen molar-refractivity contribution in [3.05, 3.63) is 65.6 Å². The van der Waals surface area contributed by atoms with Crippen molar-refractivity contribution >= 4 is 17.2 Å². The van der Waals surface area contributed by atoms with Crippen LogP contribution in [0.1, 0.15) is 16.8 Å². The van der Waals surface area contributed by atoms with Crippen LogP contribution < -0.4 is 10.6 Å². The summed E-state index contributed by atoms with van der Waals surface area (Å²) in [4.78, 5) is 16.5. The molecule has 3 rings (SSSR count). The lowest BCUT2D eigenvalue weighted by Crippen LogP contribution is -2.29. The molecule has 1 aromatic carbocycles. The number of fused-ring (bicyclic) bond motifs is 1. The Morgan fingerprint density at radius 3 is 2.65 bits per heavy atom. The fraction of sp³-hybridized carbons (Fsp3) is 0.222. The summed E-state index contributed by atoms with van der Waals surface area (Å²) in [5, 5.41) is 6.10. The van der Waals surface area contributed by atoms with E-state index in [-0.39, 0.29) is 12.5 Å². The first-order chi connectivity index (χ1) is 11.1. The average molecular weight is 308 g/mol. The predicted molar refractivity (Wildman–Crippen MR) is 91.4 cm³/mol. The zero-order chi connectivity index (χ0) is 16.2. The highest BCUT2D eigenvalue weighted by atomic mass is 16.1. The SMILES string of the molecule is Cc1cccc(C)c1NCC(=O)NCc1cn2ccccc2n1. The summed E-state index contributed by atoms with van der Waals surface area (Å²) in [5.74, 6) is -0.0512. The minimum Gasteiger partial charge on any atom is -0.376 e. The van der Waals surface area contributed by atoms with E-state index in [9.17, 15) is 4.79 Å². The molecule has 23 heavy (non-hydrogen) atoms. The smallest absolute Gasteiger partial charge is 0.239 e. The second-order valence-corrected chi connectivity index (χ2v) is 5.60. The van der Waals surface area contributed by atoms with Gasteiger partial charge in [-0.25, -0.2) is 4.98 Å². The van der Waals surface area contributed by atoms with Crippen LogP contribution in [0.4, 0.5) is 5.69 Å². The number of benzene rings is 1. The summed E-state index contributed by atoms with van der Waals surface area (Å²) in [7, 11) is 0. The molecule has 0 aliphatic carbocycles. The van der Waals surface area contributed by atoms with Gasteiger partial charge in [-0.05, 0) is 37.1 Å². The number of carbonyl (C=O) groups is 1. The molecule has 0 bridgehead atoms. The van der Waals surface area contributed by atoms with E-state index in [1.807, 2.05) is 67.0 Å². The third kappa shape index (κ3) is 3.51. The van der Waals surface area contributed by atoms with Gasteiger partial charge in [0.1, 0.15) is 5.65 Å². The molecule has 118 valence electrons. The largest absolute Gasteiger partial charge is 0.376 e. The molecule has 5 nitrogen and oxygen atoms in total. The van der Waals surface area contributed by atoms with E-state index >= 15 is 0 Å². The van der Waals surface area contributed by atoms with E-state index in [0.717, 1.165) is 28.2 Å². The number of anilines is 1. The van der Waals surface area contributed by atoms with Crippen LogP contribution in [-0.2, 0) is 11.3 Å². The van der Waals surface area contributed by atoms with Crippen molar-refractivity contribution in [3.8, 4) is 0 Å². The number of hydrogen-bond donors (Lipinski definition) is 2. The van der Waals surface area contributed by atoms with Gasteiger partial charge in [-0.3, -0.25) is 4.79 Å². The highest BCUT2D eigenvalue weighted by Gasteiger charge is 2.06. The van der Waals surface area contributed by atoms with Crippen LogP contribution >= 0.6 is 0 Å². The molecule has 3 aromatic rings. The molecule has 1 amide bonds. The van der Waals surface area contributed by atoms with Crippen molar-refractivity contribution in [2.45, 2.75) is 20.4 Å². The summed E-state index contributed by atoms with van der Waals surface area (Å²) in [6, 6.07) is 11.9. The zero-order valence-electron chi connectivity index (χ0n) is 13.3. The monoisotopic (exact) mass is 308 g/mol. The number of hydrogen-bond acceptors (Lipinski definition) is 3. The maximum atomic E-state index is 12.0. The first-order valence-electron chi connectivity index (χ1n) is 7.63. The van der Waals surface area contributed by atoms with Crippen LogP contribution in [0.5, 0.6) is 0 Å². The van der Waals surface area contributed by atoms with E-state index in [1.165, 1.54) is 0 Å². The Morgan fingerprint density at radius 2 is 1.91 bits per heavy atom. The molecule has 0 saturated carbocycles. The molecular formula is C18H20N4O. The molecule has 0 spiro atoms. The highest BCUT2D eigenvalue weighted by Crippen LogP contribution is 2.18. The lowest BCUT2D eigenvalue weighted by atomic mass is 10.1. The third-order valence-electron chi connectivity index (χ3n) is 3.79. The molecule has 0 aliphatic heterocycles. The normalized spacial score (nSPS) is 10.7. The van der Waals surface area contributed by atoms with Crippen molar-refractivity contribution in [2.75, 3.05) is 11.9 Å². The minimum absolute atomic E-state index is 0.0512. The molecule has 0 unspecified atom stereocenters. The van der Waals surface area contributed by atoms with Gasteiger partial charge >= 0.3 is 0 Å². The number of aryl methyl sites for hydroxylation is 2. The van der Waals surface area contributed by atoms with Gasteiger partial charge in [0.25, 0.3) is 0 Å². The second kappa shape index (κ2) is 6.52. The Hall–Kier alpha value is -2.82. The van der Waals surface area contributed by atoms with Crippen LogP contribution in [0.15, 0.2) is 48.8 Å². The van der Waals surface area contributed by atoms with E-state index in [1.54, 1.807) is 0 Å². The second-order valence-electron chi connectivity index (χ2n) is 5.60. The number of nitrogens with zero attached hydrogens (tertiary/aromatic N) is 2. The third-order valence-corrected chi connectivity index (χ3v) is 3.79. The predicted octanol–water partition coefficient (Wildman–Crippen LogP) is 2.68. The van der Waals surface area contributed by atoms with Gasteiger partial charge in [-0.1, -0.05) is 24.3 Å². The molecule has 0 atom stereocenters. The lowest BCUT2D eigenvalue weighted by Gasteiger charge is -2.12. The van der Waals surface area contributed by atoms with Crippen molar-refractivity contribution in [1.29, 1.82) is 0 Å². The van der Waals surface area contributed by atoms with Gasteiger partial charge in [0.05, 0.1) is 18.8 Å². The molecule has 5 heteroatoms. The number of amides is 1. The molecule has 2 heterocycles. The Balaban J connectivity index is 1.55. The first-order valence-corrected chi connectivity index (χ1v) is 7.63. The first kappa shape index (κ1) is 15.1. The maximum Gasteiger partial charge on any atom is 0.239 e. The highest BCUT2D eigenvalue weighted by molar-refractivity contribution is 5.81. The molecule has 2 aromatic heterocycles. The molecule has 0 saturated heterocycles. The van der Waals surface area contributed by atoms with Crippen molar-refractivity contribution in [2.24, 2.45) is 0 Å². The quantitative estimate of drug-likeness (QED) is 0.762. The minimum atomic E-state index is -0.0512. The van der Waals surface area contributed by atoms with E-state index in [4.69, 9.17) is 0 Å².